The van der Waals surface area contributed by atoms with E-state index in [1.165, 1.54) is 0 Å². The van der Waals surface area contributed by atoms with E-state index in [0.29, 0.717) is 25.7 Å². The van der Waals surface area contributed by atoms with Gasteiger partial charge in [0.2, 0.25) is 23.6 Å². The van der Waals surface area contributed by atoms with E-state index in [1.807, 2.05) is 97.2 Å². The summed E-state index contributed by atoms with van der Waals surface area (Å²) in [4.78, 5) is 59.8. The Morgan fingerprint density at radius 2 is 1.20 bits per heavy atom. The maximum Gasteiger partial charge on any atom is 0.247 e. The Kier molecular flexibility index (Phi) is 7.01. The molecule has 6 unspecified atom stereocenters. The molecule has 10 nitrogen and oxygen atoms in total. The van der Waals surface area contributed by atoms with E-state index in [4.69, 9.17) is 0 Å². The molecule has 5 heterocycles. The number of anilines is 1. The summed E-state index contributed by atoms with van der Waals surface area (Å²) < 4.78 is 0. The van der Waals surface area contributed by atoms with Crippen molar-refractivity contribution in [2.75, 3.05) is 5.32 Å². The Hall–Kier alpha value is -5.90. The summed E-state index contributed by atoms with van der Waals surface area (Å²) in [6.45, 7) is 0. The van der Waals surface area contributed by atoms with Gasteiger partial charge in [-0.15, -0.1) is 0 Å². The monoisotopic (exact) mass is 664 g/mol. The Morgan fingerprint density at radius 3 is 1.92 bits per heavy atom. The number of nitrogens with one attached hydrogen (secondary N) is 5. The van der Waals surface area contributed by atoms with Crippen LogP contribution < -0.4 is 21.3 Å². The minimum absolute atomic E-state index is 0.102. The first kappa shape index (κ1) is 30.2. The standard InChI is InChI=1S/C40H36N6O4/c47-35-30(18-23-10-3-1-4-11-23)42-36(48)31(43-35)20-25-22-41-34-26(25)14-9-16-28(34)40-21-33-37(49)44-32(19-24-12-5-2-6-13-24)38(50)46(33)39(40)45-29-17-8-7-15-27(29)40/h1-17,22,30-33,39,41,45H,18-21H2,(H,42,48)(H,43,47)(H,44,49). The van der Waals surface area contributed by atoms with E-state index in [-0.39, 0.29) is 23.6 Å². The summed E-state index contributed by atoms with van der Waals surface area (Å²) in [5.41, 5.74) is 5.95. The molecule has 5 N–H and O–H groups in total. The van der Waals surface area contributed by atoms with E-state index in [0.717, 1.165) is 44.4 Å². The zero-order chi connectivity index (χ0) is 34.0. The van der Waals surface area contributed by atoms with Gasteiger partial charge < -0.3 is 31.2 Å². The molecule has 4 amide bonds. The van der Waals surface area contributed by atoms with Gasteiger partial charge in [0.05, 0.1) is 5.41 Å². The number of hydrogen-bond donors (Lipinski definition) is 5. The third-order valence-corrected chi connectivity index (χ3v) is 11.0. The average molecular weight is 665 g/mol. The molecule has 5 aromatic rings. The number of aromatic amines is 1. The van der Waals surface area contributed by atoms with E-state index in [2.05, 4.69) is 38.4 Å². The predicted molar refractivity (Wildman–Crippen MR) is 188 cm³/mol. The Labute approximate surface area is 288 Å². The van der Waals surface area contributed by atoms with Crippen molar-refractivity contribution < 1.29 is 19.2 Å². The predicted octanol–water partition coefficient (Wildman–Crippen LogP) is 3.32. The molecular formula is C40H36N6O4. The van der Waals surface area contributed by atoms with Crippen LogP contribution in [-0.2, 0) is 43.9 Å². The van der Waals surface area contributed by atoms with Crippen LogP contribution in [0, 0.1) is 0 Å². The minimum atomic E-state index is -0.724. The van der Waals surface area contributed by atoms with Gasteiger partial charge in [-0.1, -0.05) is 97.1 Å². The summed E-state index contributed by atoms with van der Waals surface area (Å²) in [5, 5.41) is 13.5. The number of aromatic nitrogens is 1. The Balaban J connectivity index is 1.04. The lowest BCUT2D eigenvalue weighted by Gasteiger charge is -2.38. The number of amides is 4. The molecule has 0 bridgehead atoms. The summed E-state index contributed by atoms with van der Waals surface area (Å²) in [7, 11) is 0. The van der Waals surface area contributed by atoms with Crippen molar-refractivity contribution in [3.63, 3.8) is 0 Å². The lowest BCUT2D eigenvalue weighted by atomic mass is 9.71. The average Bonchev–Trinajstić information content (AvgIpc) is 3.80. The van der Waals surface area contributed by atoms with Gasteiger partial charge in [0.1, 0.15) is 30.3 Å². The molecular weight excluding hydrogens is 628 g/mol. The van der Waals surface area contributed by atoms with Crippen molar-refractivity contribution in [3.05, 3.63) is 137 Å². The van der Waals surface area contributed by atoms with Crippen LogP contribution in [-0.4, -0.2) is 63.8 Å². The van der Waals surface area contributed by atoms with Crippen molar-refractivity contribution in [2.45, 2.75) is 61.4 Å². The van der Waals surface area contributed by atoms with Crippen LogP contribution in [0.4, 0.5) is 5.69 Å². The third-order valence-electron chi connectivity index (χ3n) is 11.0. The van der Waals surface area contributed by atoms with E-state index < -0.39 is 35.7 Å². The number of carbonyl (C=O) groups excluding carboxylic acids is 4. The van der Waals surface area contributed by atoms with E-state index >= 15 is 0 Å². The Morgan fingerprint density at radius 1 is 0.600 bits per heavy atom. The molecule has 9 rings (SSSR count). The van der Waals surface area contributed by atoms with E-state index in [9.17, 15) is 19.2 Å². The number of fused-ring (bicyclic) bond motifs is 6. The molecule has 4 aliphatic rings. The number of piperazine rings is 2. The molecule has 1 aromatic heterocycles. The number of hydrogen-bond acceptors (Lipinski definition) is 5. The fraction of sp³-hybridized carbons (Fsp3) is 0.250. The van der Waals surface area contributed by atoms with Gasteiger partial charge in [0.15, 0.2) is 0 Å². The second-order valence-electron chi connectivity index (χ2n) is 13.8. The first-order valence-electron chi connectivity index (χ1n) is 17.2. The van der Waals surface area contributed by atoms with Gasteiger partial charge >= 0.3 is 0 Å². The summed E-state index contributed by atoms with van der Waals surface area (Å²) in [5.74, 6) is -0.673. The van der Waals surface area contributed by atoms with Crippen LogP contribution in [0.2, 0.25) is 0 Å². The van der Waals surface area contributed by atoms with Gasteiger partial charge in [0, 0.05) is 42.0 Å². The van der Waals surface area contributed by atoms with Crippen LogP contribution in [0.5, 0.6) is 0 Å². The highest BCUT2D eigenvalue weighted by Gasteiger charge is 2.64. The van der Waals surface area contributed by atoms with Gasteiger partial charge in [-0.05, 0) is 40.3 Å². The number of benzene rings is 4. The molecule has 3 saturated heterocycles. The van der Waals surface area contributed by atoms with Crippen LogP contribution in [0.25, 0.3) is 10.9 Å². The van der Waals surface area contributed by atoms with Gasteiger partial charge in [-0.25, -0.2) is 0 Å². The van der Waals surface area contributed by atoms with Crippen molar-refractivity contribution in [1.82, 2.24) is 25.8 Å². The maximum absolute atomic E-state index is 14.3. The molecule has 0 saturated carbocycles. The lowest BCUT2D eigenvalue weighted by Crippen LogP contribution is -2.64. The summed E-state index contributed by atoms with van der Waals surface area (Å²) in [6.07, 6.45) is 2.97. The largest absolute Gasteiger partial charge is 0.364 e. The molecule has 0 aliphatic carbocycles. The third kappa shape index (κ3) is 4.69. The number of nitrogens with zero attached hydrogens (tertiary/aromatic N) is 1. The first-order chi connectivity index (χ1) is 24.4. The van der Waals surface area contributed by atoms with Crippen molar-refractivity contribution >= 4 is 40.2 Å². The second kappa shape index (κ2) is 11.6. The van der Waals surface area contributed by atoms with Crippen LogP contribution in [0.1, 0.15) is 34.2 Å². The van der Waals surface area contributed by atoms with Crippen molar-refractivity contribution in [3.8, 4) is 0 Å². The van der Waals surface area contributed by atoms with Crippen molar-refractivity contribution in [1.29, 1.82) is 0 Å². The van der Waals surface area contributed by atoms with Gasteiger partial charge in [-0.3, -0.25) is 19.2 Å². The molecule has 3 fully saturated rings. The summed E-state index contributed by atoms with van der Waals surface area (Å²) in [6, 6.07) is 30.9. The van der Waals surface area contributed by atoms with Gasteiger partial charge in [0.25, 0.3) is 0 Å². The SMILES string of the molecule is O=C1NC(Cc2c[nH]c3c(C45CC6C(=O)NC(Cc7ccccc7)C(=O)N6C4Nc4ccccc45)cccc23)C(=O)NC1Cc1ccccc1. The molecule has 4 aromatic carbocycles. The first-order valence-corrected chi connectivity index (χ1v) is 17.2. The van der Waals surface area contributed by atoms with Crippen LogP contribution in [0.15, 0.2) is 109 Å². The van der Waals surface area contributed by atoms with E-state index in [1.54, 1.807) is 4.90 Å². The highest BCUT2D eigenvalue weighted by Crippen LogP contribution is 2.56. The Bertz CT molecular complexity index is 2170. The number of rotatable bonds is 7. The number of carbonyl (C=O) groups is 4. The highest BCUT2D eigenvalue weighted by molar-refractivity contribution is 6.01. The molecule has 250 valence electrons. The smallest absolute Gasteiger partial charge is 0.247 e. The van der Waals surface area contributed by atoms with Crippen LogP contribution >= 0.6 is 0 Å². The van der Waals surface area contributed by atoms with Gasteiger partial charge in [-0.2, -0.15) is 0 Å². The fourth-order valence-electron chi connectivity index (χ4n) is 8.71. The van der Waals surface area contributed by atoms with Crippen LogP contribution in [0.3, 0.4) is 0 Å². The van der Waals surface area contributed by atoms with Crippen molar-refractivity contribution in [2.24, 2.45) is 0 Å². The second-order valence-corrected chi connectivity index (χ2v) is 13.8. The molecule has 50 heavy (non-hydrogen) atoms. The quantitative estimate of drug-likeness (QED) is 0.182. The maximum atomic E-state index is 14.3. The lowest BCUT2D eigenvalue weighted by molar-refractivity contribution is -0.148. The molecule has 0 spiro atoms. The molecule has 0 radical (unpaired) electrons. The zero-order valence-corrected chi connectivity index (χ0v) is 27.2. The topological polar surface area (TPSA) is 135 Å². The molecule has 6 atom stereocenters. The number of H-pyrrole nitrogens is 1. The summed E-state index contributed by atoms with van der Waals surface area (Å²) >= 11 is 0. The fourth-order valence-corrected chi connectivity index (χ4v) is 8.71. The molecule has 4 aliphatic heterocycles. The normalized spacial score (nSPS) is 26.8. The highest BCUT2D eigenvalue weighted by atomic mass is 16.2. The number of para-hydroxylation sites is 2. The zero-order valence-electron chi connectivity index (χ0n) is 27.2. The molecule has 10 heteroatoms. The minimum Gasteiger partial charge on any atom is -0.364 e.